The maximum atomic E-state index is 12.5. The molecular weight excluding hydrogens is 296 g/mol. The molecule has 0 saturated carbocycles. The summed E-state index contributed by atoms with van der Waals surface area (Å²) in [6.45, 7) is 0.527. The Labute approximate surface area is 123 Å². The predicted molar refractivity (Wildman–Crippen MR) is 73.1 cm³/mol. The molecule has 1 N–H and O–H groups in total. The third-order valence-corrected chi connectivity index (χ3v) is 4.01. The van der Waals surface area contributed by atoms with Crippen molar-refractivity contribution < 1.29 is 23.8 Å². The molecule has 8 heteroatoms. The lowest BCUT2D eigenvalue weighted by Crippen LogP contribution is -2.48. The van der Waals surface area contributed by atoms with E-state index in [1.807, 2.05) is 17.5 Å². The summed E-state index contributed by atoms with van der Waals surface area (Å²) >= 11 is 1.44. The van der Waals surface area contributed by atoms with Crippen molar-refractivity contribution >= 4 is 23.2 Å². The number of hydrogen-bond donors (Lipinski definition) is 1. The number of aliphatic carboxylic acids is 1. The number of oxazole rings is 1. The van der Waals surface area contributed by atoms with E-state index in [9.17, 15) is 9.59 Å². The van der Waals surface area contributed by atoms with Gasteiger partial charge in [0.2, 0.25) is 0 Å². The second-order valence-corrected chi connectivity index (χ2v) is 5.40. The maximum Gasteiger partial charge on any atom is 0.334 e. The molecule has 1 aliphatic rings. The molecule has 3 heterocycles. The Hall–Kier alpha value is -2.19. The molecule has 0 radical (unpaired) electrons. The minimum Gasteiger partial charge on any atom is -0.479 e. The van der Waals surface area contributed by atoms with E-state index < -0.39 is 12.1 Å². The van der Waals surface area contributed by atoms with E-state index in [4.69, 9.17) is 14.3 Å². The largest absolute Gasteiger partial charge is 0.479 e. The molecule has 1 saturated heterocycles. The zero-order valence-corrected chi connectivity index (χ0v) is 11.7. The number of carboxylic acids is 1. The molecule has 1 fully saturated rings. The molecule has 7 nitrogen and oxygen atoms in total. The van der Waals surface area contributed by atoms with Crippen molar-refractivity contribution in [3.63, 3.8) is 0 Å². The van der Waals surface area contributed by atoms with Gasteiger partial charge in [0.05, 0.1) is 18.0 Å². The second kappa shape index (κ2) is 5.66. The van der Waals surface area contributed by atoms with Crippen LogP contribution in [0.2, 0.25) is 0 Å². The first-order chi connectivity index (χ1) is 10.2. The van der Waals surface area contributed by atoms with Gasteiger partial charge in [0.15, 0.2) is 24.0 Å². The van der Waals surface area contributed by atoms with Gasteiger partial charge in [-0.15, -0.1) is 11.3 Å². The van der Waals surface area contributed by atoms with E-state index in [1.165, 1.54) is 22.6 Å². The van der Waals surface area contributed by atoms with Crippen LogP contribution in [0.4, 0.5) is 0 Å². The Morgan fingerprint density at radius 1 is 1.48 bits per heavy atom. The van der Waals surface area contributed by atoms with E-state index in [0.717, 1.165) is 4.88 Å². The smallest absolute Gasteiger partial charge is 0.334 e. The summed E-state index contributed by atoms with van der Waals surface area (Å²) in [5.41, 5.74) is 0.198. The predicted octanol–water partition coefficient (Wildman–Crippen LogP) is 1.33. The monoisotopic (exact) mass is 308 g/mol. The minimum atomic E-state index is -1.08. The van der Waals surface area contributed by atoms with Gasteiger partial charge < -0.3 is 19.2 Å². The number of carbonyl (C=O) groups is 2. The van der Waals surface area contributed by atoms with Gasteiger partial charge in [-0.2, -0.15) is 0 Å². The van der Waals surface area contributed by atoms with Crippen LogP contribution < -0.4 is 0 Å². The molecule has 0 bridgehead atoms. The molecule has 1 atom stereocenters. The van der Waals surface area contributed by atoms with Crippen LogP contribution in [0.5, 0.6) is 0 Å². The summed E-state index contributed by atoms with van der Waals surface area (Å²) in [5, 5.41) is 10.9. The van der Waals surface area contributed by atoms with E-state index in [0.29, 0.717) is 12.3 Å². The highest BCUT2D eigenvalue weighted by molar-refractivity contribution is 7.13. The number of carboxylic acid groups (broad SMARTS) is 1. The Morgan fingerprint density at radius 3 is 3.05 bits per heavy atom. The highest BCUT2D eigenvalue weighted by Crippen LogP contribution is 2.28. The first-order valence-corrected chi connectivity index (χ1v) is 7.16. The van der Waals surface area contributed by atoms with Crippen molar-refractivity contribution in [2.45, 2.75) is 6.10 Å². The van der Waals surface area contributed by atoms with Gasteiger partial charge in [-0.3, -0.25) is 4.79 Å². The summed E-state index contributed by atoms with van der Waals surface area (Å²) in [7, 11) is 0. The normalized spacial score (nSPS) is 18.7. The Morgan fingerprint density at radius 2 is 2.33 bits per heavy atom. The standard InChI is InChI=1S/C13H12N2O5S/c16-12(15-3-4-19-8(6-15)13(17)18)10-11(20-7-14-10)9-2-1-5-21-9/h1-2,5,7-8H,3-4,6H2,(H,17,18)/t8-/m0/s1. The van der Waals surface area contributed by atoms with Crippen LogP contribution in [0, 0.1) is 0 Å². The van der Waals surface area contributed by atoms with Crippen LogP contribution in [-0.2, 0) is 9.53 Å². The first kappa shape index (κ1) is 13.8. The van der Waals surface area contributed by atoms with Crippen molar-refractivity contribution in [2.75, 3.05) is 19.7 Å². The highest BCUT2D eigenvalue weighted by Gasteiger charge is 2.32. The summed E-state index contributed by atoms with van der Waals surface area (Å²) < 4.78 is 10.4. The van der Waals surface area contributed by atoms with Crippen molar-refractivity contribution in [1.29, 1.82) is 0 Å². The van der Waals surface area contributed by atoms with Gasteiger partial charge in [-0.25, -0.2) is 9.78 Å². The fraction of sp³-hybridized carbons (Fsp3) is 0.308. The van der Waals surface area contributed by atoms with Crippen LogP contribution in [-0.4, -0.2) is 52.7 Å². The lowest BCUT2D eigenvalue weighted by atomic mass is 10.2. The second-order valence-electron chi connectivity index (χ2n) is 4.46. The molecule has 1 aliphatic heterocycles. The van der Waals surface area contributed by atoms with Crippen molar-refractivity contribution in [3.05, 3.63) is 29.6 Å². The number of hydrogen-bond acceptors (Lipinski definition) is 6. The van der Waals surface area contributed by atoms with Gasteiger partial charge in [-0.05, 0) is 11.4 Å². The average molecular weight is 308 g/mol. The number of aromatic nitrogens is 1. The fourth-order valence-electron chi connectivity index (χ4n) is 2.11. The summed E-state index contributed by atoms with van der Waals surface area (Å²) in [4.78, 5) is 29.7. The zero-order valence-electron chi connectivity index (χ0n) is 10.9. The van der Waals surface area contributed by atoms with Crippen LogP contribution in [0.25, 0.3) is 10.6 Å². The Balaban J connectivity index is 1.83. The molecule has 3 rings (SSSR count). The summed E-state index contributed by atoms with van der Waals surface area (Å²) in [6.07, 6.45) is 0.219. The van der Waals surface area contributed by atoms with Crippen molar-refractivity contribution in [2.24, 2.45) is 0 Å². The number of morpholine rings is 1. The number of nitrogens with zero attached hydrogens (tertiary/aromatic N) is 2. The highest BCUT2D eigenvalue weighted by atomic mass is 32.1. The Bertz CT molecular complexity index is 651. The van der Waals surface area contributed by atoms with E-state index in [1.54, 1.807) is 0 Å². The third-order valence-electron chi connectivity index (χ3n) is 3.14. The van der Waals surface area contributed by atoms with Crippen LogP contribution in [0.15, 0.2) is 28.3 Å². The van der Waals surface area contributed by atoms with Crippen LogP contribution in [0.1, 0.15) is 10.5 Å². The maximum absolute atomic E-state index is 12.5. The van der Waals surface area contributed by atoms with Gasteiger partial charge >= 0.3 is 5.97 Å². The topological polar surface area (TPSA) is 92.9 Å². The summed E-state index contributed by atoms with van der Waals surface area (Å²) in [5.74, 6) is -1.01. The van der Waals surface area contributed by atoms with Gasteiger partial charge in [0, 0.05) is 6.54 Å². The number of ether oxygens (including phenoxy) is 1. The van der Waals surface area contributed by atoms with Gasteiger partial charge in [0.1, 0.15) is 0 Å². The molecule has 0 aromatic carbocycles. The molecule has 110 valence electrons. The van der Waals surface area contributed by atoms with E-state index >= 15 is 0 Å². The van der Waals surface area contributed by atoms with Crippen LogP contribution >= 0.6 is 11.3 Å². The quantitative estimate of drug-likeness (QED) is 0.919. The lowest BCUT2D eigenvalue weighted by molar-refractivity contribution is -0.154. The summed E-state index contributed by atoms with van der Waals surface area (Å²) in [6, 6.07) is 3.69. The number of thiophene rings is 1. The number of rotatable bonds is 3. The average Bonchev–Trinajstić information content (AvgIpc) is 3.17. The Kier molecular flexibility index (Phi) is 3.72. The molecule has 21 heavy (non-hydrogen) atoms. The van der Waals surface area contributed by atoms with Crippen molar-refractivity contribution in [3.8, 4) is 10.6 Å². The van der Waals surface area contributed by atoms with Crippen molar-refractivity contribution in [1.82, 2.24) is 9.88 Å². The molecule has 0 aliphatic carbocycles. The van der Waals surface area contributed by atoms with Gasteiger partial charge in [0.25, 0.3) is 5.91 Å². The number of carbonyl (C=O) groups excluding carboxylic acids is 1. The lowest BCUT2D eigenvalue weighted by Gasteiger charge is -2.30. The molecule has 2 aromatic heterocycles. The molecule has 2 aromatic rings. The SMILES string of the molecule is O=C(O)[C@@H]1CN(C(=O)c2ncoc2-c2cccs2)CCO1. The first-order valence-electron chi connectivity index (χ1n) is 6.28. The molecule has 0 unspecified atom stereocenters. The molecule has 1 amide bonds. The fourth-order valence-corrected chi connectivity index (χ4v) is 2.83. The zero-order chi connectivity index (χ0) is 14.8. The van der Waals surface area contributed by atoms with E-state index in [2.05, 4.69) is 4.98 Å². The van der Waals surface area contributed by atoms with Gasteiger partial charge in [-0.1, -0.05) is 6.07 Å². The molecule has 0 spiro atoms. The van der Waals surface area contributed by atoms with E-state index in [-0.39, 0.29) is 24.8 Å². The number of amides is 1. The van der Waals surface area contributed by atoms with Crippen LogP contribution in [0.3, 0.4) is 0 Å². The minimum absolute atomic E-state index is 0.00487. The third kappa shape index (κ3) is 2.67. The molecular formula is C13H12N2O5S.